The van der Waals surface area contributed by atoms with Gasteiger partial charge in [-0.25, -0.2) is 0 Å². The van der Waals surface area contributed by atoms with Gasteiger partial charge in [0.05, 0.1) is 14.2 Å². The summed E-state index contributed by atoms with van der Waals surface area (Å²) in [5.41, 5.74) is 15.9. The zero-order chi connectivity index (χ0) is 40.7. The summed E-state index contributed by atoms with van der Waals surface area (Å²) in [6, 6.07) is 70.9. The predicted molar refractivity (Wildman–Crippen MR) is 252 cm³/mol. The lowest BCUT2D eigenvalue weighted by Crippen LogP contribution is -2.10. The molecular formula is C56H46N2O2. The summed E-state index contributed by atoms with van der Waals surface area (Å²) in [6.07, 6.45) is 9.00. The second-order valence-electron chi connectivity index (χ2n) is 14.8. The smallest absolute Gasteiger partial charge is 0.120 e. The fraction of sp³-hybridized carbons (Fsp3) is 0.0714. The van der Waals surface area contributed by atoms with Gasteiger partial charge in [-0.05, 0) is 130 Å². The van der Waals surface area contributed by atoms with Gasteiger partial charge in [-0.1, -0.05) is 133 Å². The topological polar surface area (TPSA) is 24.9 Å². The first-order chi connectivity index (χ1) is 29.6. The Kier molecular flexibility index (Phi) is 11.1. The first-order valence-electron chi connectivity index (χ1n) is 20.5. The van der Waals surface area contributed by atoms with Crippen molar-refractivity contribution in [1.29, 1.82) is 0 Å². The molecule has 0 unspecified atom stereocenters. The highest BCUT2D eigenvalue weighted by Crippen LogP contribution is 2.40. The molecule has 0 aromatic heterocycles. The number of rotatable bonds is 12. The van der Waals surface area contributed by atoms with E-state index >= 15 is 0 Å². The van der Waals surface area contributed by atoms with Crippen LogP contribution in [0, 0.1) is 0 Å². The molecular weight excluding hydrogens is 733 g/mol. The normalized spacial score (nSPS) is 12.1. The van der Waals surface area contributed by atoms with Gasteiger partial charge in [-0.15, -0.1) is 0 Å². The van der Waals surface area contributed by atoms with Crippen LogP contribution in [0.25, 0.3) is 39.0 Å². The Bertz CT molecular complexity index is 2740. The second kappa shape index (κ2) is 17.5. The maximum atomic E-state index is 5.62. The molecule has 0 aliphatic heterocycles. The molecule has 0 N–H and O–H groups in total. The third-order valence-electron chi connectivity index (χ3n) is 11.1. The molecule has 0 radical (unpaired) electrons. The molecule has 9 rings (SSSR count). The van der Waals surface area contributed by atoms with Gasteiger partial charge >= 0.3 is 0 Å². The van der Waals surface area contributed by atoms with Gasteiger partial charge in [-0.2, -0.15) is 0 Å². The molecule has 0 saturated carbocycles. The minimum Gasteiger partial charge on any atom is -0.497 e. The Hall–Kier alpha value is -7.56. The van der Waals surface area contributed by atoms with Crippen LogP contribution in [0.5, 0.6) is 11.5 Å². The van der Waals surface area contributed by atoms with Crippen LogP contribution in [0.1, 0.15) is 18.4 Å². The van der Waals surface area contributed by atoms with Crippen molar-refractivity contribution in [3.8, 4) is 44.9 Å². The van der Waals surface area contributed by atoms with Crippen LogP contribution in [-0.2, 0) is 0 Å². The fourth-order valence-electron chi connectivity index (χ4n) is 7.92. The third-order valence-corrected chi connectivity index (χ3v) is 11.1. The van der Waals surface area contributed by atoms with Gasteiger partial charge in [0, 0.05) is 46.3 Å². The van der Waals surface area contributed by atoms with Crippen molar-refractivity contribution < 1.29 is 9.47 Å². The van der Waals surface area contributed by atoms with E-state index in [4.69, 9.17) is 9.47 Å². The van der Waals surface area contributed by atoms with Crippen molar-refractivity contribution in [3.05, 3.63) is 224 Å². The second-order valence-corrected chi connectivity index (χ2v) is 14.8. The Morgan fingerprint density at radius 2 is 0.700 bits per heavy atom. The quantitative estimate of drug-likeness (QED) is 0.123. The number of allylic oxidation sites excluding steroid dienone is 4. The minimum absolute atomic E-state index is 0.814. The van der Waals surface area contributed by atoms with E-state index in [2.05, 4.69) is 198 Å². The number of methoxy groups -OCH3 is 2. The number of ether oxygens (including phenoxy) is 2. The van der Waals surface area contributed by atoms with Gasteiger partial charge in [-0.3, -0.25) is 0 Å². The molecule has 1 aliphatic carbocycles. The van der Waals surface area contributed by atoms with Crippen LogP contribution < -0.4 is 19.3 Å². The Morgan fingerprint density at radius 3 is 1.07 bits per heavy atom. The average molecular weight is 779 g/mol. The van der Waals surface area contributed by atoms with Gasteiger partial charge in [0.1, 0.15) is 11.5 Å². The molecule has 0 amide bonds. The molecule has 4 nitrogen and oxygen atoms in total. The Labute approximate surface area is 353 Å². The van der Waals surface area contributed by atoms with E-state index in [1.807, 2.05) is 30.3 Å². The molecule has 8 aromatic carbocycles. The van der Waals surface area contributed by atoms with E-state index in [0.29, 0.717) is 0 Å². The van der Waals surface area contributed by atoms with Gasteiger partial charge in [0.2, 0.25) is 0 Å². The number of anilines is 6. The van der Waals surface area contributed by atoms with E-state index in [-0.39, 0.29) is 0 Å². The maximum absolute atomic E-state index is 5.62. The van der Waals surface area contributed by atoms with E-state index in [1.54, 1.807) is 14.2 Å². The van der Waals surface area contributed by atoms with E-state index in [0.717, 1.165) is 80.7 Å². The van der Waals surface area contributed by atoms with Gasteiger partial charge < -0.3 is 19.3 Å². The Balaban J connectivity index is 0.962. The highest BCUT2D eigenvalue weighted by atomic mass is 16.5. The highest BCUT2D eigenvalue weighted by molar-refractivity contribution is 5.83. The third kappa shape index (κ3) is 8.22. The van der Waals surface area contributed by atoms with Crippen LogP contribution in [-0.4, -0.2) is 14.2 Å². The van der Waals surface area contributed by atoms with Crippen molar-refractivity contribution in [2.75, 3.05) is 24.0 Å². The number of hydrogen-bond donors (Lipinski definition) is 0. The molecule has 8 aromatic rings. The molecule has 60 heavy (non-hydrogen) atoms. The summed E-state index contributed by atoms with van der Waals surface area (Å²) in [6.45, 7) is 0. The first kappa shape index (κ1) is 38.0. The number of benzene rings is 8. The molecule has 1 aliphatic rings. The van der Waals surface area contributed by atoms with Crippen molar-refractivity contribution in [2.45, 2.75) is 12.8 Å². The summed E-state index contributed by atoms with van der Waals surface area (Å²) < 4.78 is 11.2. The molecule has 292 valence electrons. The maximum Gasteiger partial charge on any atom is 0.120 e. The molecule has 0 spiro atoms. The van der Waals surface area contributed by atoms with Crippen molar-refractivity contribution in [3.63, 3.8) is 0 Å². The lowest BCUT2D eigenvalue weighted by Gasteiger charge is -2.26. The number of nitrogens with zero attached hydrogens (tertiary/aromatic N) is 2. The molecule has 4 heteroatoms. The zero-order valence-electron chi connectivity index (χ0n) is 33.9. The zero-order valence-corrected chi connectivity index (χ0v) is 33.9. The summed E-state index contributed by atoms with van der Waals surface area (Å²) in [5, 5.41) is 0. The summed E-state index contributed by atoms with van der Waals surface area (Å²) in [4.78, 5) is 4.55. The average Bonchev–Trinajstić information content (AvgIpc) is 3.33. The van der Waals surface area contributed by atoms with Crippen LogP contribution in [0.15, 0.2) is 218 Å². The molecule has 0 bridgehead atoms. The van der Waals surface area contributed by atoms with Gasteiger partial charge in [0.25, 0.3) is 0 Å². The summed E-state index contributed by atoms with van der Waals surface area (Å²) >= 11 is 0. The van der Waals surface area contributed by atoms with Crippen molar-refractivity contribution >= 4 is 39.7 Å². The monoisotopic (exact) mass is 778 g/mol. The van der Waals surface area contributed by atoms with Crippen LogP contribution >= 0.6 is 0 Å². The van der Waals surface area contributed by atoms with Crippen LogP contribution in [0.4, 0.5) is 34.1 Å². The summed E-state index contributed by atoms with van der Waals surface area (Å²) in [5.74, 6) is 1.63. The predicted octanol–water partition coefficient (Wildman–Crippen LogP) is 15.4. The van der Waals surface area contributed by atoms with Gasteiger partial charge in [0.15, 0.2) is 0 Å². The summed E-state index contributed by atoms with van der Waals surface area (Å²) in [7, 11) is 3.42. The lowest BCUT2D eigenvalue weighted by atomic mass is 9.99. The van der Waals surface area contributed by atoms with Crippen LogP contribution in [0.2, 0.25) is 0 Å². The van der Waals surface area contributed by atoms with Crippen molar-refractivity contribution in [2.24, 2.45) is 0 Å². The van der Waals surface area contributed by atoms with Crippen molar-refractivity contribution in [1.82, 2.24) is 0 Å². The molecule has 0 heterocycles. The van der Waals surface area contributed by atoms with E-state index in [9.17, 15) is 0 Å². The first-order valence-corrected chi connectivity index (χ1v) is 20.5. The standard InChI is InChI=1S/C56H46N2O2/c1-59-55-17-9-15-53(39-55)57(49-31-23-45(24-32-49)41-11-5-3-6-12-41)51-35-27-47(28-36-51)43-19-21-44(22-20-43)48-29-37-52(38-30-48)58(54-16-10-18-56(40-54)60-2)50-33-25-46(26-34-50)42-13-7-4-8-14-42/h3,5-7,9-40H,4,8H2,1-2H3. The largest absolute Gasteiger partial charge is 0.497 e. The lowest BCUT2D eigenvalue weighted by molar-refractivity contribution is 0.415. The molecule has 0 fully saturated rings. The molecule has 0 atom stereocenters. The van der Waals surface area contributed by atoms with E-state index < -0.39 is 0 Å². The van der Waals surface area contributed by atoms with Crippen LogP contribution in [0.3, 0.4) is 0 Å². The SMILES string of the molecule is COc1cccc(N(c2ccc(C3=CCCC=C3)cc2)c2ccc(-c3ccc(-c4ccc(N(c5ccc(-c6ccccc6)cc5)c5cccc(OC)c5)cc4)cc3)cc2)c1. The molecule has 0 saturated heterocycles. The van der Waals surface area contributed by atoms with E-state index in [1.165, 1.54) is 22.3 Å². The Morgan fingerprint density at radius 1 is 0.333 bits per heavy atom. The minimum atomic E-state index is 0.814. The number of hydrogen-bond acceptors (Lipinski definition) is 4. The highest BCUT2D eigenvalue weighted by Gasteiger charge is 2.16. The fourth-order valence-corrected chi connectivity index (χ4v) is 7.92.